The van der Waals surface area contributed by atoms with Crippen LogP contribution in [0.5, 0.6) is 0 Å². The summed E-state index contributed by atoms with van der Waals surface area (Å²) in [5.74, 6) is -1.25. The molecule has 0 radical (unpaired) electrons. The first-order valence-electron chi connectivity index (χ1n) is 6.25. The third-order valence-corrected chi connectivity index (χ3v) is 2.96. The van der Waals surface area contributed by atoms with Gasteiger partial charge in [0.2, 0.25) is 5.91 Å². The highest BCUT2D eigenvalue weighted by atomic mass is 16.5. The zero-order valence-electron chi connectivity index (χ0n) is 10.5. The number of carbonyl (C=O) groups excluding carboxylic acids is 1. The van der Waals surface area contributed by atoms with Gasteiger partial charge >= 0.3 is 5.97 Å². The SMILES string of the molecule is O=C(CC1CCCCO1)Nc1cncc(C(=O)O)c1. The molecule has 1 fully saturated rings. The van der Waals surface area contributed by atoms with Crippen LogP contribution in [0.4, 0.5) is 5.69 Å². The molecule has 6 heteroatoms. The molecule has 1 atom stereocenters. The van der Waals surface area contributed by atoms with E-state index < -0.39 is 5.97 Å². The summed E-state index contributed by atoms with van der Waals surface area (Å²) in [6.45, 7) is 0.702. The van der Waals surface area contributed by atoms with Gasteiger partial charge in [-0.3, -0.25) is 9.78 Å². The summed E-state index contributed by atoms with van der Waals surface area (Å²) < 4.78 is 5.48. The summed E-state index contributed by atoms with van der Waals surface area (Å²) in [5.41, 5.74) is 0.437. The Hall–Kier alpha value is -1.95. The lowest BCUT2D eigenvalue weighted by Crippen LogP contribution is -2.25. The van der Waals surface area contributed by atoms with Crippen molar-refractivity contribution in [2.24, 2.45) is 0 Å². The van der Waals surface area contributed by atoms with E-state index in [2.05, 4.69) is 10.3 Å². The summed E-state index contributed by atoms with van der Waals surface area (Å²) in [6, 6.07) is 1.38. The van der Waals surface area contributed by atoms with Crippen LogP contribution >= 0.6 is 0 Å². The maximum Gasteiger partial charge on any atom is 0.337 e. The fraction of sp³-hybridized carbons (Fsp3) is 0.462. The van der Waals surface area contributed by atoms with E-state index in [1.165, 1.54) is 18.5 Å². The summed E-state index contributed by atoms with van der Waals surface area (Å²) in [7, 11) is 0. The molecule has 0 bridgehead atoms. The lowest BCUT2D eigenvalue weighted by atomic mass is 10.1. The maximum absolute atomic E-state index is 11.8. The predicted molar refractivity (Wildman–Crippen MR) is 68.0 cm³/mol. The smallest absolute Gasteiger partial charge is 0.337 e. The third kappa shape index (κ3) is 4.03. The van der Waals surface area contributed by atoms with E-state index in [0.29, 0.717) is 12.3 Å². The Kier molecular flexibility index (Phi) is 4.46. The van der Waals surface area contributed by atoms with Crippen LogP contribution in [0.1, 0.15) is 36.0 Å². The molecule has 0 aromatic carbocycles. The normalized spacial score (nSPS) is 18.8. The molecule has 6 nitrogen and oxygen atoms in total. The van der Waals surface area contributed by atoms with Crippen LogP contribution in [-0.4, -0.2) is 34.7 Å². The number of carboxylic acid groups (broad SMARTS) is 1. The van der Waals surface area contributed by atoms with Gasteiger partial charge in [0.1, 0.15) is 0 Å². The van der Waals surface area contributed by atoms with Crippen molar-refractivity contribution in [3.63, 3.8) is 0 Å². The highest BCUT2D eigenvalue weighted by molar-refractivity contribution is 5.93. The first-order valence-corrected chi connectivity index (χ1v) is 6.25. The lowest BCUT2D eigenvalue weighted by Gasteiger charge is -2.21. The zero-order valence-corrected chi connectivity index (χ0v) is 10.5. The van der Waals surface area contributed by atoms with E-state index in [-0.39, 0.29) is 24.0 Å². The van der Waals surface area contributed by atoms with Crippen molar-refractivity contribution in [2.75, 3.05) is 11.9 Å². The van der Waals surface area contributed by atoms with Gasteiger partial charge in [0.25, 0.3) is 0 Å². The second-order valence-corrected chi connectivity index (χ2v) is 4.51. The Balaban J connectivity index is 1.90. The molecular weight excluding hydrogens is 248 g/mol. The van der Waals surface area contributed by atoms with Gasteiger partial charge in [0, 0.05) is 12.8 Å². The largest absolute Gasteiger partial charge is 0.478 e. The Bertz CT molecular complexity index is 469. The Labute approximate surface area is 110 Å². The number of hydrogen-bond acceptors (Lipinski definition) is 4. The molecule has 1 unspecified atom stereocenters. The van der Waals surface area contributed by atoms with Gasteiger partial charge in [0.15, 0.2) is 0 Å². The predicted octanol–water partition coefficient (Wildman–Crippen LogP) is 1.68. The number of hydrogen-bond donors (Lipinski definition) is 2. The van der Waals surface area contributed by atoms with Crippen molar-refractivity contribution in [1.29, 1.82) is 0 Å². The number of anilines is 1. The van der Waals surface area contributed by atoms with Crippen LogP contribution in [0.2, 0.25) is 0 Å². The minimum atomic E-state index is -1.07. The van der Waals surface area contributed by atoms with Gasteiger partial charge in [-0.25, -0.2) is 4.79 Å². The number of aromatic carboxylic acids is 1. The number of rotatable bonds is 4. The molecule has 1 aromatic heterocycles. The Morgan fingerprint density at radius 3 is 2.95 bits per heavy atom. The molecule has 1 aromatic rings. The third-order valence-electron chi connectivity index (χ3n) is 2.96. The van der Waals surface area contributed by atoms with E-state index in [1.807, 2.05) is 0 Å². The number of pyridine rings is 1. The number of carbonyl (C=O) groups is 2. The van der Waals surface area contributed by atoms with Crippen LogP contribution < -0.4 is 5.32 Å². The van der Waals surface area contributed by atoms with Gasteiger partial charge < -0.3 is 15.2 Å². The first-order chi connectivity index (χ1) is 9.15. The fourth-order valence-electron chi connectivity index (χ4n) is 2.01. The van der Waals surface area contributed by atoms with E-state index in [1.54, 1.807) is 0 Å². The second kappa shape index (κ2) is 6.29. The van der Waals surface area contributed by atoms with E-state index >= 15 is 0 Å². The fourth-order valence-corrected chi connectivity index (χ4v) is 2.01. The molecule has 1 amide bonds. The van der Waals surface area contributed by atoms with Gasteiger partial charge in [-0.1, -0.05) is 0 Å². The monoisotopic (exact) mass is 264 g/mol. The number of amides is 1. The average Bonchev–Trinajstić information content (AvgIpc) is 2.40. The zero-order chi connectivity index (χ0) is 13.7. The quantitative estimate of drug-likeness (QED) is 0.863. The summed E-state index contributed by atoms with van der Waals surface area (Å²) >= 11 is 0. The Morgan fingerprint density at radius 1 is 1.42 bits per heavy atom. The Morgan fingerprint density at radius 2 is 2.26 bits per heavy atom. The van der Waals surface area contributed by atoms with Gasteiger partial charge in [-0.15, -0.1) is 0 Å². The highest BCUT2D eigenvalue weighted by Crippen LogP contribution is 2.16. The number of nitrogens with zero attached hydrogens (tertiary/aromatic N) is 1. The molecule has 2 rings (SSSR count). The second-order valence-electron chi connectivity index (χ2n) is 4.51. The topological polar surface area (TPSA) is 88.5 Å². The van der Waals surface area contributed by atoms with E-state index in [9.17, 15) is 9.59 Å². The average molecular weight is 264 g/mol. The van der Waals surface area contributed by atoms with E-state index in [0.717, 1.165) is 19.3 Å². The summed E-state index contributed by atoms with van der Waals surface area (Å²) in [6.07, 6.45) is 5.92. The summed E-state index contributed by atoms with van der Waals surface area (Å²) in [4.78, 5) is 26.4. The molecule has 19 heavy (non-hydrogen) atoms. The van der Waals surface area contributed by atoms with Crippen LogP contribution in [0.3, 0.4) is 0 Å². The molecule has 2 heterocycles. The number of carboxylic acids is 1. The molecule has 1 aliphatic heterocycles. The number of ether oxygens (including phenoxy) is 1. The first kappa shape index (κ1) is 13.5. The molecule has 1 saturated heterocycles. The number of nitrogens with one attached hydrogen (secondary N) is 1. The lowest BCUT2D eigenvalue weighted by molar-refractivity contribution is -0.119. The molecule has 0 spiro atoms. The van der Waals surface area contributed by atoms with Crippen LogP contribution in [0.15, 0.2) is 18.5 Å². The molecular formula is C13H16N2O4. The molecule has 1 aliphatic rings. The van der Waals surface area contributed by atoms with Crippen molar-refractivity contribution in [3.05, 3.63) is 24.0 Å². The molecule has 0 aliphatic carbocycles. The maximum atomic E-state index is 11.8. The van der Waals surface area contributed by atoms with Crippen LogP contribution in [0.25, 0.3) is 0 Å². The van der Waals surface area contributed by atoms with Gasteiger partial charge in [0.05, 0.1) is 30.0 Å². The van der Waals surface area contributed by atoms with Crippen molar-refractivity contribution in [1.82, 2.24) is 4.98 Å². The number of aromatic nitrogens is 1. The van der Waals surface area contributed by atoms with Crippen molar-refractivity contribution >= 4 is 17.6 Å². The molecule has 0 saturated carbocycles. The minimum Gasteiger partial charge on any atom is -0.478 e. The van der Waals surface area contributed by atoms with Crippen molar-refractivity contribution in [3.8, 4) is 0 Å². The highest BCUT2D eigenvalue weighted by Gasteiger charge is 2.17. The van der Waals surface area contributed by atoms with Gasteiger partial charge in [-0.2, -0.15) is 0 Å². The standard InChI is InChI=1S/C13H16N2O4/c16-12(6-11-3-1-2-4-19-11)15-10-5-9(13(17)18)7-14-8-10/h5,7-8,11H,1-4,6H2,(H,15,16)(H,17,18). The van der Waals surface area contributed by atoms with Crippen molar-refractivity contribution in [2.45, 2.75) is 31.8 Å². The molecule has 2 N–H and O–H groups in total. The van der Waals surface area contributed by atoms with Crippen LogP contribution in [0, 0.1) is 0 Å². The summed E-state index contributed by atoms with van der Waals surface area (Å²) in [5, 5.41) is 11.5. The minimum absolute atomic E-state index is 0.0376. The molecule has 102 valence electrons. The van der Waals surface area contributed by atoms with Crippen LogP contribution in [-0.2, 0) is 9.53 Å². The van der Waals surface area contributed by atoms with Gasteiger partial charge in [-0.05, 0) is 25.3 Å². The van der Waals surface area contributed by atoms with E-state index in [4.69, 9.17) is 9.84 Å². The van der Waals surface area contributed by atoms with Crippen molar-refractivity contribution < 1.29 is 19.4 Å².